The first-order valence-corrected chi connectivity index (χ1v) is 8.11. The van der Waals surface area contributed by atoms with E-state index in [1.165, 1.54) is 0 Å². The third-order valence-electron chi connectivity index (χ3n) is 3.29. The fourth-order valence-electron chi connectivity index (χ4n) is 2.17. The summed E-state index contributed by atoms with van der Waals surface area (Å²) in [5, 5.41) is 6.48. The Hall–Kier alpha value is -2.40. The maximum atomic E-state index is 12.0. The second-order valence-electron chi connectivity index (χ2n) is 5.00. The van der Waals surface area contributed by atoms with Crippen LogP contribution in [-0.2, 0) is 4.79 Å². The van der Waals surface area contributed by atoms with Gasteiger partial charge in [-0.25, -0.2) is 0 Å². The number of rotatable bonds is 8. The first-order chi connectivity index (χ1) is 11.6. The minimum absolute atomic E-state index is 0.0994. The van der Waals surface area contributed by atoms with Crippen LogP contribution in [0.2, 0.25) is 5.02 Å². The third kappa shape index (κ3) is 5.06. The van der Waals surface area contributed by atoms with Crippen LogP contribution in [-0.4, -0.2) is 26.2 Å². The fourth-order valence-corrected chi connectivity index (χ4v) is 2.43. The van der Waals surface area contributed by atoms with Crippen LogP contribution in [0.3, 0.4) is 0 Å². The van der Waals surface area contributed by atoms with E-state index in [1.807, 2.05) is 31.2 Å². The van der Waals surface area contributed by atoms with E-state index in [4.69, 9.17) is 21.1 Å². The Kier molecular flexibility index (Phi) is 6.75. The summed E-state index contributed by atoms with van der Waals surface area (Å²) in [5.74, 6) is 1.25. The highest BCUT2D eigenvalue weighted by Crippen LogP contribution is 2.27. The number of carbonyl (C=O) groups is 1. The zero-order chi connectivity index (χ0) is 17.4. The average molecular weight is 349 g/mol. The highest BCUT2D eigenvalue weighted by Gasteiger charge is 2.07. The minimum Gasteiger partial charge on any atom is -0.495 e. The van der Waals surface area contributed by atoms with E-state index in [0.717, 1.165) is 11.4 Å². The lowest BCUT2D eigenvalue weighted by atomic mass is 10.2. The largest absolute Gasteiger partial charge is 0.495 e. The van der Waals surface area contributed by atoms with Gasteiger partial charge in [-0.1, -0.05) is 23.7 Å². The van der Waals surface area contributed by atoms with Crippen molar-refractivity contribution >= 4 is 28.9 Å². The van der Waals surface area contributed by atoms with Gasteiger partial charge in [0.2, 0.25) is 5.91 Å². The molecule has 0 unspecified atom stereocenters. The number of carbonyl (C=O) groups excluding carboxylic acids is 1. The molecule has 0 aliphatic rings. The molecule has 2 rings (SSSR count). The van der Waals surface area contributed by atoms with Crippen molar-refractivity contribution in [1.82, 2.24) is 0 Å². The van der Waals surface area contributed by atoms with Crippen molar-refractivity contribution in [2.75, 3.05) is 30.9 Å². The van der Waals surface area contributed by atoms with E-state index in [-0.39, 0.29) is 5.91 Å². The molecule has 6 heteroatoms. The van der Waals surface area contributed by atoms with Gasteiger partial charge < -0.3 is 20.1 Å². The Morgan fingerprint density at radius 2 is 1.96 bits per heavy atom. The van der Waals surface area contributed by atoms with Crippen LogP contribution in [0.5, 0.6) is 11.5 Å². The van der Waals surface area contributed by atoms with Crippen molar-refractivity contribution in [2.24, 2.45) is 0 Å². The number of nitrogens with one attached hydrogen (secondary N) is 2. The summed E-state index contributed by atoms with van der Waals surface area (Å²) in [4.78, 5) is 12.0. The van der Waals surface area contributed by atoms with Crippen molar-refractivity contribution in [3.63, 3.8) is 0 Å². The molecule has 2 aromatic carbocycles. The van der Waals surface area contributed by atoms with Crippen LogP contribution in [0.15, 0.2) is 42.5 Å². The van der Waals surface area contributed by atoms with Crippen LogP contribution >= 0.6 is 11.6 Å². The van der Waals surface area contributed by atoms with Crippen molar-refractivity contribution < 1.29 is 14.3 Å². The van der Waals surface area contributed by atoms with Gasteiger partial charge in [-0.3, -0.25) is 4.79 Å². The molecule has 0 radical (unpaired) electrons. The van der Waals surface area contributed by atoms with Crippen LogP contribution in [0.25, 0.3) is 0 Å². The van der Waals surface area contributed by atoms with E-state index in [1.54, 1.807) is 25.3 Å². The molecule has 2 aromatic rings. The van der Waals surface area contributed by atoms with Gasteiger partial charge in [0.1, 0.15) is 11.5 Å². The van der Waals surface area contributed by atoms with Crippen molar-refractivity contribution in [3.8, 4) is 11.5 Å². The topological polar surface area (TPSA) is 59.6 Å². The maximum absolute atomic E-state index is 12.0. The van der Waals surface area contributed by atoms with Crippen LogP contribution < -0.4 is 20.1 Å². The lowest BCUT2D eigenvalue weighted by Crippen LogP contribution is -2.16. The second kappa shape index (κ2) is 9.03. The van der Waals surface area contributed by atoms with E-state index >= 15 is 0 Å². The summed E-state index contributed by atoms with van der Waals surface area (Å²) < 4.78 is 10.6. The molecule has 0 aliphatic heterocycles. The summed E-state index contributed by atoms with van der Waals surface area (Å²) in [5.41, 5.74) is 1.51. The summed E-state index contributed by atoms with van der Waals surface area (Å²) in [6.45, 7) is 3.03. The number of amides is 1. The van der Waals surface area contributed by atoms with Gasteiger partial charge in [0.05, 0.1) is 24.4 Å². The number of ether oxygens (including phenoxy) is 2. The highest BCUT2D eigenvalue weighted by molar-refractivity contribution is 6.32. The molecular formula is C18H21ClN2O3. The summed E-state index contributed by atoms with van der Waals surface area (Å²) >= 11 is 6.04. The quantitative estimate of drug-likeness (QED) is 0.751. The molecule has 24 heavy (non-hydrogen) atoms. The van der Waals surface area contributed by atoms with Gasteiger partial charge in [-0.05, 0) is 37.3 Å². The van der Waals surface area contributed by atoms with E-state index in [9.17, 15) is 4.79 Å². The molecule has 0 bridgehead atoms. The van der Waals surface area contributed by atoms with Crippen molar-refractivity contribution in [1.29, 1.82) is 0 Å². The van der Waals surface area contributed by atoms with E-state index < -0.39 is 0 Å². The molecule has 2 N–H and O–H groups in total. The standard InChI is InChI=1S/C18H21ClN2O3/c1-3-24-17-7-5-4-6-15(17)20-11-10-18(22)21-13-8-9-16(23-2)14(19)12-13/h4-9,12,20H,3,10-11H2,1-2H3,(H,21,22). The Labute approximate surface area is 146 Å². The minimum atomic E-state index is -0.0994. The maximum Gasteiger partial charge on any atom is 0.226 e. The molecule has 0 aromatic heterocycles. The summed E-state index contributed by atoms with van der Waals surface area (Å²) in [7, 11) is 1.55. The number of halogens is 1. The Balaban J connectivity index is 1.84. The SMILES string of the molecule is CCOc1ccccc1NCCC(=O)Nc1ccc(OC)c(Cl)c1. The second-order valence-corrected chi connectivity index (χ2v) is 5.41. The lowest BCUT2D eigenvalue weighted by molar-refractivity contribution is -0.115. The smallest absolute Gasteiger partial charge is 0.226 e. The monoisotopic (exact) mass is 348 g/mol. The van der Waals surface area contributed by atoms with E-state index in [0.29, 0.717) is 36.0 Å². The number of hydrogen-bond acceptors (Lipinski definition) is 4. The van der Waals surface area contributed by atoms with Gasteiger partial charge in [-0.15, -0.1) is 0 Å². The zero-order valence-corrected chi connectivity index (χ0v) is 14.5. The molecule has 0 saturated heterocycles. The number of para-hydroxylation sites is 2. The molecule has 0 atom stereocenters. The van der Waals surface area contributed by atoms with Crippen molar-refractivity contribution in [3.05, 3.63) is 47.5 Å². The first kappa shape index (κ1) is 17.9. The molecule has 0 heterocycles. The van der Waals surface area contributed by atoms with Gasteiger partial charge in [-0.2, -0.15) is 0 Å². The Morgan fingerprint density at radius 1 is 1.17 bits per heavy atom. The van der Waals surface area contributed by atoms with Gasteiger partial charge in [0.25, 0.3) is 0 Å². The van der Waals surface area contributed by atoms with Crippen molar-refractivity contribution in [2.45, 2.75) is 13.3 Å². The number of methoxy groups -OCH3 is 1. The summed E-state index contributed by atoms with van der Waals surface area (Å²) in [6, 6.07) is 12.8. The zero-order valence-electron chi connectivity index (χ0n) is 13.8. The molecule has 0 saturated carbocycles. The number of benzene rings is 2. The molecular weight excluding hydrogens is 328 g/mol. The Bertz CT molecular complexity index is 692. The van der Waals surface area contributed by atoms with Crippen LogP contribution in [0.1, 0.15) is 13.3 Å². The van der Waals surface area contributed by atoms with E-state index in [2.05, 4.69) is 10.6 Å². The fraction of sp³-hybridized carbons (Fsp3) is 0.278. The molecule has 0 aliphatic carbocycles. The van der Waals surface area contributed by atoms with Gasteiger partial charge in [0, 0.05) is 18.7 Å². The normalized spacial score (nSPS) is 10.1. The molecule has 1 amide bonds. The lowest BCUT2D eigenvalue weighted by Gasteiger charge is -2.12. The average Bonchev–Trinajstić information content (AvgIpc) is 2.57. The highest BCUT2D eigenvalue weighted by atomic mass is 35.5. The first-order valence-electron chi connectivity index (χ1n) is 7.73. The number of hydrogen-bond donors (Lipinski definition) is 2. The molecule has 0 spiro atoms. The van der Waals surface area contributed by atoms with Crippen LogP contribution in [0.4, 0.5) is 11.4 Å². The predicted molar refractivity (Wildman–Crippen MR) is 97.4 cm³/mol. The van der Waals surface area contributed by atoms with Crippen LogP contribution in [0, 0.1) is 0 Å². The summed E-state index contributed by atoms with van der Waals surface area (Å²) in [6.07, 6.45) is 0.324. The molecule has 128 valence electrons. The predicted octanol–water partition coefficient (Wildman–Crippen LogP) is 4.19. The van der Waals surface area contributed by atoms with Gasteiger partial charge in [0.15, 0.2) is 0 Å². The van der Waals surface area contributed by atoms with Gasteiger partial charge >= 0.3 is 0 Å². The third-order valence-corrected chi connectivity index (χ3v) is 3.59. The molecule has 0 fully saturated rings. The molecule has 5 nitrogen and oxygen atoms in total. The Morgan fingerprint density at radius 3 is 2.67 bits per heavy atom. The number of anilines is 2.